The van der Waals surface area contributed by atoms with E-state index in [0.29, 0.717) is 12.1 Å². The summed E-state index contributed by atoms with van der Waals surface area (Å²) in [4.78, 5) is 32.5. The van der Waals surface area contributed by atoms with Gasteiger partial charge in [0.15, 0.2) is 5.78 Å². The van der Waals surface area contributed by atoms with Crippen LogP contribution in [0.5, 0.6) is 0 Å². The SMILES string of the molecule is CCC(=O)CC(=O)c1ccc(C(F)(F)F)cc1[N+](=O)[O-]. The lowest BCUT2D eigenvalue weighted by atomic mass is 10.0. The Kier molecular flexibility index (Phi) is 4.59. The molecule has 0 aliphatic rings. The highest BCUT2D eigenvalue weighted by Gasteiger charge is 2.34. The molecule has 0 saturated carbocycles. The average molecular weight is 289 g/mol. The van der Waals surface area contributed by atoms with E-state index < -0.39 is 45.9 Å². The maximum atomic E-state index is 12.5. The van der Waals surface area contributed by atoms with Crippen LogP contribution in [0.3, 0.4) is 0 Å². The van der Waals surface area contributed by atoms with Gasteiger partial charge in [-0.3, -0.25) is 19.7 Å². The van der Waals surface area contributed by atoms with Gasteiger partial charge in [0.1, 0.15) is 5.78 Å². The van der Waals surface area contributed by atoms with Crippen molar-refractivity contribution in [2.24, 2.45) is 0 Å². The summed E-state index contributed by atoms with van der Waals surface area (Å²) in [6.07, 6.45) is -5.24. The van der Waals surface area contributed by atoms with Gasteiger partial charge >= 0.3 is 6.18 Å². The number of benzene rings is 1. The molecule has 8 heteroatoms. The Balaban J connectivity index is 3.24. The van der Waals surface area contributed by atoms with Gasteiger partial charge < -0.3 is 0 Å². The van der Waals surface area contributed by atoms with Crippen molar-refractivity contribution in [1.82, 2.24) is 0 Å². The van der Waals surface area contributed by atoms with Crippen LogP contribution in [0.4, 0.5) is 18.9 Å². The van der Waals surface area contributed by atoms with Crippen molar-refractivity contribution in [2.45, 2.75) is 25.9 Å². The second-order valence-corrected chi connectivity index (χ2v) is 3.98. The minimum Gasteiger partial charge on any atom is -0.299 e. The highest BCUT2D eigenvalue weighted by Crippen LogP contribution is 2.33. The van der Waals surface area contributed by atoms with Crippen LogP contribution in [0.2, 0.25) is 0 Å². The summed E-state index contributed by atoms with van der Waals surface area (Å²) in [5.74, 6) is -1.30. The van der Waals surface area contributed by atoms with Crippen molar-refractivity contribution in [3.05, 3.63) is 39.4 Å². The Hall–Kier alpha value is -2.25. The van der Waals surface area contributed by atoms with Gasteiger partial charge in [-0.15, -0.1) is 0 Å². The predicted octanol–water partition coefficient (Wildman–Crippen LogP) is 3.17. The lowest BCUT2D eigenvalue weighted by Crippen LogP contribution is -2.12. The Morgan fingerprint density at radius 1 is 1.30 bits per heavy atom. The summed E-state index contributed by atoms with van der Waals surface area (Å²) in [5.41, 5.74) is -2.67. The largest absolute Gasteiger partial charge is 0.416 e. The van der Waals surface area contributed by atoms with E-state index >= 15 is 0 Å². The lowest BCUT2D eigenvalue weighted by molar-refractivity contribution is -0.385. The summed E-state index contributed by atoms with van der Waals surface area (Å²) in [7, 11) is 0. The fourth-order valence-electron chi connectivity index (χ4n) is 1.49. The molecule has 108 valence electrons. The van der Waals surface area contributed by atoms with Crippen molar-refractivity contribution in [3.8, 4) is 0 Å². The third kappa shape index (κ3) is 3.62. The van der Waals surface area contributed by atoms with Crippen LogP contribution in [0, 0.1) is 10.1 Å². The lowest BCUT2D eigenvalue weighted by Gasteiger charge is -2.08. The predicted molar refractivity (Wildman–Crippen MR) is 62.3 cm³/mol. The van der Waals surface area contributed by atoms with Crippen LogP contribution < -0.4 is 0 Å². The Labute approximate surface area is 111 Å². The number of nitrogens with zero attached hydrogens (tertiary/aromatic N) is 1. The molecule has 0 unspecified atom stereocenters. The molecular weight excluding hydrogens is 279 g/mol. The molecule has 0 radical (unpaired) electrons. The first-order valence-corrected chi connectivity index (χ1v) is 5.57. The summed E-state index contributed by atoms with van der Waals surface area (Å²) in [6, 6.07) is 1.60. The number of carbonyl (C=O) groups excluding carboxylic acids is 2. The topological polar surface area (TPSA) is 77.3 Å². The van der Waals surface area contributed by atoms with E-state index in [-0.39, 0.29) is 6.42 Å². The number of rotatable bonds is 5. The smallest absolute Gasteiger partial charge is 0.299 e. The maximum absolute atomic E-state index is 12.5. The molecule has 1 aromatic rings. The fraction of sp³-hybridized carbons (Fsp3) is 0.333. The second kappa shape index (κ2) is 5.81. The molecule has 1 aromatic carbocycles. The van der Waals surface area contributed by atoms with Crippen molar-refractivity contribution < 1.29 is 27.7 Å². The van der Waals surface area contributed by atoms with E-state index in [1.54, 1.807) is 0 Å². The molecule has 20 heavy (non-hydrogen) atoms. The quantitative estimate of drug-likeness (QED) is 0.361. The van der Waals surface area contributed by atoms with Gasteiger partial charge in [-0.25, -0.2) is 0 Å². The molecule has 0 aromatic heterocycles. The Morgan fingerprint density at radius 2 is 1.90 bits per heavy atom. The van der Waals surface area contributed by atoms with Crippen molar-refractivity contribution in [1.29, 1.82) is 0 Å². The Bertz CT molecular complexity index is 566. The summed E-state index contributed by atoms with van der Waals surface area (Å²) >= 11 is 0. The third-order valence-electron chi connectivity index (χ3n) is 2.57. The number of alkyl halides is 3. The molecule has 0 heterocycles. The molecule has 0 aliphatic carbocycles. The minimum absolute atomic E-state index is 0.0696. The maximum Gasteiger partial charge on any atom is 0.416 e. The minimum atomic E-state index is -4.74. The monoisotopic (exact) mass is 289 g/mol. The van der Waals surface area contributed by atoms with Gasteiger partial charge in [0.2, 0.25) is 0 Å². The zero-order valence-corrected chi connectivity index (χ0v) is 10.4. The first-order chi connectivity index (χ1) is 9.16. The van der Waals surface area contributed by atoms with E-state index in [4.69, 9.17) is 0 Å². The van der Waals surface area contributed by atoms with Crippen LogP contribution in [0.1, 0.15) is 35.7 Å². The molecule has 0 atom stereocenters. The molecule has 0 spiro atoms. The zero-order chi connectivity index (χ0) is 15.5. The highest BCUT2D eigenvalue weighted by atomic mass is 19.4. The van der Waals surface area contributed by atoms with Crippen molar-refractivity contribution in [3.63, 3.8) is 0 Å². The van der Waals surface area contributed by atoms with E-state index in [1.165, 1.54) is 6.92 Å². The standard InChI is InChI=1S/C12H10F3NO4/c1-2-8(17)6-11(18)9-4-3-7(12(13,14)15)5-10(9)16(19)20/h3-5H,2,6H2,1H3. The van der Waals surface area contributed by atoms with Crippen LogP contribution in [-0.4, -0.2) is 16.5 Å². The fourth-order valence-corrected chi connectivity index (χ4v) is 1.49. The van der Waals surface area contributed by atoms with Crippen LogP contribution in [0.15, 0.2) is 18.2 Å². The van der Waals surface area contributed by atoms with Gasteiger partial charge in [0.25, 0.3) is 5.69 Å². The van der Waals surface area contributed by atoms with E-state index in [2.05, 4.69) is 0 Å². The molecule has 0 bridgehead atoms. The molecule has 0 amide bonds. The van der Waals surface area contributed by atoms with Gasteiger partial charge in [-0.1, -0.05) is 6.92 Å². The number of halogens is 3. The van der Waals surface area contributed by atoms with Gasteiger partial charge in [0.05, 0.1) is 22.5 Å². The average Bonchev–Trinajstić information content (AvgIpc) is 2.36. The van der Waals surface area contributed by atoms with E-state index in [1.807, 2.05) is 0 Å². The normalized spacial score (nSPS) is 11.2. The first-order valence-electron chi connectivity index (χ1n) is 5.57. The van der Waals surface area contributed by atoms with Crippen molar-refractivity contribution in [2.75, 3.05) is 0 Å². The Morgan fingerprint density at radius 3 is 2.35 bits per heavy atom. The molecular formula is C12H10F3NO4. The first kappa shape index (κ1) is 15.8. The summed E-state index contributed by atoms with van der Waals surface area (Å²) in [5, 5.41) is 10.8. The summed E-state index contributed by atoms with van der Waals surface area (Å²) < 4.78 is 37.4. The number of hydrogen-bond donors (Lipinski definition) is 0. The number of Topliss-reactive ketones (excluding diaryl/α,β-unsaturated/α-hetero) is 2. The number of ketones is 2. The van der Waals surface area contributed by atoms with Crippen LogP contribution in [-0.2, 0) is 11.0 Å². The number of nitro benzene ring substituents is 1. The molecule has 5 nitrogen and oxygen atoms in total. The molecule has 0 fully saturated rings. The van der Waals surface area contributed by atoms with Gasteiger partial charge in [-0.2, -0.15) is 13.2 Å². The summed E-state index contributed by atoms with van der Waals surface area (Å²) in [6.45, 7) is 1.51. The third-order valence-corrected chi connectivity index (χ3v) is 2.57. The molecule has 0 saturated heterocycles. The van der Waals surface area contributed by atoms with Gasteiger partial charge in [0, 0.05) is 12.5 Å². The van der Waals surface area contributed by atoms with Crippen molar-refractivity contribution >= 4 is 17.3 Å². The van der Waals surface area contributed by atoms with Gasteiger partial charge in [-0.05, 0) is 12.1 Å². The second-order valence-electron chi connectivity index (χ2n) is 3.98. The van der Waals surface area contributed by atoms with Crippen LogP contribution in [0.25, 0.3) is 0 Å². The molecule has 1 rings (SSSR count). The molecule has 0 aliphatic heterocycles. The number of hydrogen-bond acceptors (Lipinski definition) is 4. The van der Waals surface area contributed by atoms with E-state index in [9.17, 15) is 32.9 Å². The zero-order valence-electron chi connectivity index (χ0n) is 10.4. The highest BCUT2D eigenvalue weighted by molar-refractivity contribution is 6.09. The van der Waals surface area contributed by atoms with E-state index in [0.717, 1.165) is 6.07 Å². The van der Waals surface area contributed by atoms with Crippen LogP contribution >= 0.6 is 0 Å². The number of nitro groups is 1. The number of carbonyl (C=O) groups is 2. The molecule has 0 N–H and O–H groups in total.